The van der Waals surface area contributed by atoms with Gasteiger partial charge in [0.05, 0.1) is 23.6 Å². The number of thiocarbonyl (C=S) groups is 2. The number of rotatable bonds is 9. The van der Waals surface area contributed by atoms with Gasteiger partial charge < -0.3 is 21.3 Å². The molecule has 0 aromatic carbocycles. The largest absolute Gasteiger partial charge is 0.363 e. The number of hydrogen-bond acceptors (Lipinski definition) is 6. The summed E-state index contributed by atoms with van der Waals surface area (Å²) in [6, 6.07) is -0.512. The molecule has 0 saturated carbocycles. The van der Waals surface area contributed by atoms with Gasteiger partial charge in [0, 0.05) is 23.9 Å². The second-order valence-electron chi connectivity index (χ2n) is 6.74. The SMILES string of the molecule is O=S1(=O)C=CC(NC(=S)NCCCCCCNC(=S)NC2C=CS(=O)(=O)C2)C1. The molecule has 0 aromatic heterocycles. The molecule has 2 unspecified atom stereocenters. The first kappa shape index (κ1) is 23.0. The fourth-order valence-electron chi connectivity index (χ4n) is 2.78. The van der Waals surface area contributed by atoms with E-state index in [0.717, 1.165) is 38.8 Å². The van der Waals surface area contributed by atoms with Crippen molar-refractivity contribution in [3.63, 3.8) is 0 Å². The molecule has 8 nitrogen and oxygen atoms in total. The van der Waals surface area contributed by atoms with Crippen molar-refractivity contribution in [1.29, 1.82) is 0 Å². The third-order valence-corrected chi connectivity index (χ3v) is 7.48. The molecule has 2 heterocycles. The molecule has 2 aliphatic rings. The normalized spacial score (nSPS) is 24.0. The Balaban J connectivity index is 1.42. The van der Waals surface area contributed by atoms with Gasteiger partial charge in [0.1, 0.15) is 0 Å². The van der Waals surface area contributed by atoms with Gasteiger partial charge >= 0.3 is 0 Å². The summed E-state index contributed by atoms with van der Waals surface area (Å²) in [4.78, 5) is 0. The molecule has 12 heteroatoms. The minimum atomic E-state index is -3.08. The summed E-state index contributed by atoms with van der Waals surface area (Å²) >= 11 is 10.3. The van der Waals surface area contributed by atoms with E-state index in [4.69, 9.17) is 24.4 Å². The van der Waals surface area contributed by atoms with Crippen LogP contribution in [0.2, 0.25) is 0 Å². The summed E-state index contributed by atoms with van der Waals surface area (Å²) in [6.45, 7) is 1.45. The molecule has 0 radical (unpaired) electrons. The van der Waals surface area contributed by atoms with E-state index in [1.54, 1.807) is 12.2 Å². The lowest BCUT2D eigenvalue weighted by atomic mass is 10.2. The number of hydrogen-bond donors (Lipinski definition) is 4. The number of unbranched alkanes of at least 4 members (excludes halogenated alkanes) is 3. The van der Waals surface area contributed by atoms with Crippen LogP contribution in [-0.2, 0) is 19.7 Å². The van der Waals surface area contributed by atoms with E-state index in [1.165, 1.54) is 10.8 Å². The molecule has 0 saturated heterocycles. The molecule has 0 aliphatic carbocycles. The molecule has 2 rings (SSSR count). The van der Waals surface area contributed by atoms with Crippen LogP contribution in [0.15, 0.2) is 23.0 Å². The predicted octanol–water partition coefficient (Wildman–Crippen LogP) is 0.0964. The average molecular weight is 467 g/mol. The maximum absolute atomic E-state index is 11.3. The Hall–Kier alpha value is -1.24. The zero-order valence-electron chi connectivity index (χ0n) is 15.4. The Bertz CT molecular complexity index is 767. The van der Waals surface area contributed by atoms with Crippen LogP contribution in [0.25, 0.3) is 0 Å². The van der Waals surface area contributed by atoms with Crippen molar-refractivity contribution in [3.05, 3.63) is 23.0 Å². The highest BCUT2D eigenvalue weighted by Gasteiger charge is 2.22. The lowest BCUT2D eigenvalue weighted by Gasteiger charge is -2.14. The number of sulfone groups is 2. The maximum atomic E-state index is 11.3. The second-order valence-corrected chi connectivity index (χ2v) is 11.4. The van der Waals surface area contributed by atoms with Gasteiger partial charge in [0.15, 0.2) is 29.9 Å². The van der Waals surface area contributed by atoms with Crippen LogP contribution >= 0.6 is 24.4 Å². The van der Waals surface area contributed by atoms with Crippen LogP contribution in [0.3, 0.4) is 0 Å². The minimum Gasteiger partial charge on any atom is -0.363 e. The zero-order valence-corrected chi connectivity index (χ0v) is 18.7. The lowest BCUT2D eigenvalue weighted by molar-refractivity contribution is 0.598. The first-order chi connectivity index (χ1) is 13.2. The molecule has 2 aliphatic heterocycles. The molecule has 158 valence electrons. The van der Waals surface area contributed by atoms with Gasteiger partial charge in [0.2, 0.25) is 0 Å². The summed E-state index contributed by atoms with van der Waals surface area (Å²) < 4.78 is 45.3. The molecular formula is C16H26N4O4S4. The van der Waals surface area contributed by atoms with E-state index in [-0.39, 0.29) is 23.6 Å². The van der Waals surface area contributed by atoms with Gasteiger partial charge in [-0.25, -0.2) is 16.8 Å². The highest BCUT2D eigenvalue weighted by molar-refractivity contribution is 7.94. The first-order valence-electron chi connectivity index (χ1n) is 9.06. The average Bonchev–Trinajstić information content (AvgIpc) is 3.10. The Morgan fingerprint density at radius 3 is 1.46 bits per heavy atom. The lowest BCUT2D eigenvalue weighted by Crippen LogP contribution is -2.42. The van der Waals surface area contributed by atoms with Gasteiger partial charge in [0.25, 0.3) is 0 Å². The quantitative estimate of drug-likeness (QED) is 0.275. The van der Waals surface area contributed by atoms with Crippen molar-refractivity contribution in [1.82, 2.24) is 21.3 Å². The molecule has 4 N–H and O–H groups in total. The van der Waals surface area contributed by atoms with E-state index < -0.39 is 19.7 Å². The Morgan fingerprint density at radius 2 is 1.14 bits per heavy atom. The van der Waals surface area contributed by atoms with E-state index in [9.17, 15) is 16.8 Å². The summed E-state index contributed by atoms with van der Waals surface area (Å²) in [7, 11) is -6.15. The first-order valence-corrected chi connectivity index (χ1v) is 13.3. The van der Waals surface area contributed by atoms with Crippen molar-refractivity contribution < 1.29 is 16.8 Å². The van der Waals surface area contributed by atoms with Gasteiger partial charge in [-0.3, -0.25) is 0 Å². The highest BCUT2D eigenvalue weighted by Crippen LogP contribution is 2.08. The fourth-order valence-corrected chi connectivity index (χ4v) is 5.75. The van der Waals surface area contributed by atoms with Gasteiger partial charge in [-0.1, -0.05) is 12.8 Å². The Morgan fingerprint density at radius 1 is 0.750 bits per heavy atom. The molecule has 0 amide bonds. The smallest absolute Gasteiger partial charge is 0.173 e. The topological polar surface area (TPSA) is 116 Å². The van der Waals surface area contributed by atoms with Crippen molar-refractivity contribution >= 4 is 54.3 Å². The van der Waals surface area contributed by atoms with Crippen LogP contribution in [0.5, 0.6) is 0 Å². The summed E-state index contributed by atoms with van der Waals surface area (Å²) in [5.41, 5.74) is 0. The highest BCUT2D eigenvalue weighted by atomic mass is 32.2. The Labute approximate surface area is 177 Å². The minimum absolute atomic E-state index is 0.0470. The molecule has 0 spiro atoms. The van der Waals surface area contributed by atoms with Crippen LogP contribution in [-0.4, -0.2) is 63.7 Å². The summed E-state index contributed by atoms with van der Waals surface area (Å²) in [5.74, 6) is 0.0940. The molecule has 0 fully saturated rings. The molecule has 0 bridgehead atoms. The van der Waals surface area contributed by atoms with Crippen LogP contribution < -0.4 is 21.3 Å². The molecule has 0 aromatic rings. The van der Waals surface area contributed by atoms with E-state index in [0.29, 0.717) is 10.2 Å². The summed E-state index contributed by atoms with van der Waals surface area (Å²) in [6.07, 6.45) is 7.18. The number of nitrogens with one attached hydrogen (secondary N) is 4. The van der Waals surface area contributed by atoms with E-state index in [2.05, 4.69) is 21.3 Å². The van der Waals surface area contributed by atoms with Crippen LogP contribution in [0, 0.1) is 0 Å². The van der Waals surface area contributed by atoms with Gasteiger partial charge in [-0.2, -0.15) is 0 Å². The maximum Gasteiger partial charge on any atom is 0.173 e. The summed E-state index contributed by atoms with van der Waals surface area (Å²) in [5, 5.41) is 15.5. The fraction of sp³-hybridized carbons (Fsp3) is 0.625. The monoisotopic (exact) mass is 466 g/mol. The predicted molar refractivity (Wildman–Crippen MR) is 119 cm³/mol. The van der Waals surface area contributed by atoms with Crippen molar-refractivity contribution in [2.24, 2.45) is 0 Å². The van der Waals surface area contributed by atoms with Gasteiger partial charge in [-0.15, -0.1) is 0 Å². The van der Waals surface area contributed by atoms with Gasteiger partial charge in [-0.05, 0) is 49.4 Å². The van der Waals surface area contributed by atoms with Crippen molar-refractivity contribution in [2.45, 2.75) is 37.8 Å². The standard InChI is InChI=1S/C16H26N4O4S4/c21-27(22)9-5-13(11-27)19-15(25)17-7-3-1-2-4-8-18-16(26)20-14-6-10-28(23,24)12-14/h5-6,9-10,13-14H,1-4,7-8,11-12H2,(H2,17,19,25)(H2,18,20,26). The van der Waals surface area contributed by atoms with E-state index in [1.807, 2.05) is 0 Å². The van der Waals surface area contributed by atoms with E-state index >= 15 is 0 Å². The van der Waals surface area contributed by atoms with Crippen molar-refractivity contribution in [3.8, 4) is 0 Å². The third-order valence-electron chi connectivity index (χ3n) is 4.17. The molecule has 28 heavy (non-hydrogen) atoms. The van der Waals surface area contributed by atoms with Crippen LogP contribution in [0.4, 0.5) is 0 Å². The van der Waals surface area contributed by atoms with Crippen molar-refractivity contribution in [2.75, 3.05) is 24.6 Å². The molecule has 2 atom stereocenters. The molecular weight excluding hydrogens is 440 g/mol. The second kappa shape index (κ2) is 10.5. The third kappa shape index (κ3) is 8.84. The van der Waals surface area contributed by atoms with Crippen LogP contribution in [0.1, 0.15) is 25.7 Å². The zero-order chi connectivity index (χ0) is 20.6. The Kier molecular flexibility index (Phi) is 8.65.